The van der Waals surface area contributed by atoms with Crippen molar-refractivity contribution < 1.29 is 5.11 Å². The molecule has 0 saturated heterocycles. The van der Waals surface area contributed by atoms with Gasteiger partial charge in [-0.3, -0.25) is 4.68 Å². The Balaban J connectivity index is 2.21. The molecule has 0 bridgehead atoms. The van der Waals surface area contributed by atoms with Gasteiger partial charge >= 0.3 is 0 Å². The Kier molecular flexibility index (Phi) is 2.98. The fourth-order valence-corrected chi connectivity index (χ4v) is 1.91. The van der Waals surface area contributed by atoms with E-state index in [2.05, 4.69) is 15.1 Å². The number of nitrogens with one attached hydrogen (secondary N) is 1. The number of hydrogen-bond acceptors (Lipinski definition) is 3. The molecule has 1 unspecified atom stereocenters. The minimum Gasteiger partial charge on any atom is -0.385 e. The minimum absolute atomic E-state index is 0.409. The van der Waals surface area contributed by atoms with Crippen molar-refractivity contribution in [1.29, 1.82) is 0 Å². The number of aliphatic hydroxyl groups excluding tert-OH is 1. The Hall–Kier alpha value is -1.33. The highest BCUT2D eigenvalue weighted by Gasteiger charge is 2.17. The van der Waals surface area contributed by atoms with Gasteiger partial charge in [-0.1, -0.05) is 11.6 Å². The molecule has 2 rings (SSSR count). The van der Waals surface area contributed by atoms with Gasteiger partial charge in [0.1, 0.15) is 17.1 Å². The molecule has 5 nitrogen and oxygen atoms in total. The largest absolute Gasteiger partial charge is 0.385 e. The van der Waals surface area contributed by atoms with Crippen LogP contribution in [0, 0.1) is 6.92 Å². The molecule has 2 aromatic heterocycles. The zero-order valence-corrected chi connectivity index (χ0v) is 9.86. The van der Waals surface area contributed by atoms with Crippen LogP contribution in [0.15, 0.2) is 12.4 Å². The average molecular weight is 241 g/mol. The standard InChI is InChI=1S/C10H13ClN4O/c1-6-7(9(11)15(2)14-6)5-8(16)10-12-3-4-13-10/h3-4,8,16H,5H2,1-2H3,(H,12,13). The Bertz CT molecular complexity index is 477. The molecule has 0 fully saturated rings. The van der Waals surface area contributed by atoms with E-state index in [4.69, 9.17) is 11.6 Å². The van der Waals surface area contributed by atoms with Gasteiger partial charge in [-0.2, -0.15) is 5.10 Å². The molecular formula is C10H13ClN4O. The molecule has 0 aliphatic heterocycles. The van der Waals surface area contributed by atoms with Crippen molar-refractivity contribution >= 4 is 11.6 Å². The van der Waals surface area contributed by atoms with Gasteiger partial charge in [0.15, 0.2) is 0 Å². The second-order valence-corrected chi connectivity index (χ2v) is 4.03. The number of imidazole rings is 1. The van der Waals surface area contributed by atoms with E-state index in [9.17, 15) is 5.11 Å². The number of rotatable bonds is 3. The van der Waals surface area contributed by atoms with E-state index in [0.29, 0.717) is 17.4 Å². The van der Waals surface area contributed by atoms with Crippen molar-refractivity contribution in [2.45, 2.75) is 19.4 Å². The molecule has 0 aliphatic rings. The van der Waals surface area contributed by atoms with E-state index in [1.165, 1.54) is 0 Å². The summed E-state index contributed by atoms with van der Waals surface area (Å²) in [7, 11) is 1.78. The van der Waals surface area contributed by atoms with Crippen molar-refractivity contribution in [2.75, 3.05) is 0 Å². The van der Waals surface area contributed by atoms with Crippen LogP contribution in [0.25, 0.3) is 0 Å². The van der Waals surface area contributed by atoms with Crippen LogP contribution in [0.4, 0.5) is 0 Å². The van der Waals surface area contributed by atoms with E-state index in [0.717, 1.165) is 11.3 Å². The normalized spacial score (nSPS) is 13.0. The van der Waals surface area contributed by atoms with Crippen LogP contribution in [0.1, 0.15) is 23.2 Å². The summed E-state index contributed by atoms with van der Waals surface area (Å²) in [6, 6.07) is 0. The molecular weight excluding hydrogens is 228 g/mol. The summed E-state index contributed by atoms with van der Waals surface area (Å²) in [6.07, 6.45) is 3.01. The van der Waals surface area contributed by atoms with Crippen LogP contribution in [0.3, 0.4) is 0 Å². The molecule has 0 spiro atoms. The molecule has 1 atom stereocenters. The number of nitrogens with zero attached hydrogens (tertiary/aromatic N) is 3. The highest BCUT2D eigenvalue weighted by Crippen LogP contribution is 2.24. The van der Waals surface area contributed by atoms with Crippen LogP contribution in [0.5, 0.6) is 0 Å². The van der Waals surface area contributed by atoms with Crippen molar-refractivity contribution in [1.82, 2.24) is 19.7 Å². The van der Waals surface area contributed by atoms with E-state index in [1.807, 2.05) is 6.92 Å². The Morgan fingerprint density at radius 2 is 2.38 bits per heavy atom. The first kappa shape index (κ1) is 11.2. The predicted octanol–water partition coefficient (Wildman–Crippen LogP) is 1.38. The van der Waals surface area contributed by atoms with Crippen molar-refractivity contribution in [2.24, 2.45) is 7.05 Å². The molecule has 2 N–H and O–H groups in total. The molecule has 0 saturated carbocycles. The minimum atomic E-state index is -0.685. The number of H-pyrrole nitrogens is 1. The maximum Gasteiger partial charge on any atom is 0.135 e. The monoisotopic (exact) mass is 240 g/mol. The topological polar surface area (TPSA) is 66.7 Å². The Labute approximate surface area is 98.1 Å². The molecule has 0 amide bonds. The summed E-state index contributed by atoms with van der Waals surface area (Å²) in [6.45, 7) is 1.87. The number of halogens is 1. The zero-order chi connectivity index (χ0) is 11.7. The Morgan fingerprint density at radius 1 is 1.62 bits per heavy atom. The van der Waals surface area contributed by atoms with Gasteiger partial charge in [0, 0.05) is 31.4 Å². The second kappa shape index (κ2) is 4.27. The number of hydrogen-bond donors (Lipinski definition) is 2. The lowest BCUT2D eigenvalue weighted by Crippen LogP contribution is -2.04. The Morgan fingerprint density at radius 3 is 2.88 bits per heavy atom. The molecule has 86 valence electrons. The lowest BCUT2D eigenvalue weighted by molar-refractivity contribution is 0.169. The summed E-state index contributed by atoms with van der Waals surface area (Å²) in [5.41, 5.74) is 1.69. The molecule has 0 radical (unpaired) electrons. The molecule has 2 heterocycles. The SMILES string of the molecule is Cc1nn(C)c(Cl)c1CC(O)c1ncc[nH]1. The first-order valence-corrected chi connectivity index (χ1v) is 5.32. The lowest BCUT2D eigenvalue weighted by atomic mass is 10.1. The van der Waals surface area contributed by atoms with Gasteiger partial charge in [-0.25, -0.2) is 4.98 Å². The molecule has 16 heavy (non-hydrogen) atoms. The third-order valence-corrected chi connectivity index (χ3v) is 2.98. The second-order valence-electron chi connectivity index (χ2n) is 3.67. The van der Waals surface area contributed by atoms with Crippen LogP contribution >= 0.6 is 11.6 Å². The molecule has 6 heteroatoms. The number of aliphatic hydroxyl groups is 1. The summed E-state index contributed by atoms with van der Waals surface area (Å²) < 4.78 is 1.60. The van der Waals surface area contributed by atoms with Gasteiger partial charge in [0.2, 0.25) is 0 Å². The lowest BCUT2D eigenvalue weighted by Gasteiger charge is -2.07. The van der Waals surface area contributed by atoms with Crippen LogP contribution < -0.4 is 0 Å². The fraction of sp³-hybridized carbons (Fsp3) is 0.400. The third kappa shape index (κ3) is 1.96. The maximum atomic E-state index is 9.93. The van der Waals surface area contributed by atoms with Gasteiger partial charge in [0.05, 0.1) is 5.69 Å². The van der Waals surface area contributed by atoms with Gasteiger partial charge in [-0.15, -0.1) is 0 Å². The van der Waals surface area contributed by atoms with Crippen molar-refractivity contribution in [3.05, 3.63) is 34.6 Å². The van der Waals surface area contributed by atoms with Gasteiger partial charge in [0.25, 0.3) is 0 Å². The van der Waals surface area contributed by atoms with E-state index in [1.54, 1.807) is 24.1 Å². The highest BCUT2D eigenvalue weighted by molar-refractivity contribution is 6.30. The maximum absolute atomic E-state index is 9.93. The first-order chi connectivity index (χ1) is 7.59. The summed E-state index contributed by atoms with van der Waals surface area (Å²) in [5, 5.41) is 14.7. The molecule has 2 aromatic rings. The number of aromatic amines is 1. The summed E-state index contributed by atoms with van der Waals surface area (Å²) in [4.78, 5) is 6.87. The van der Waals surface area contributed by atoms with E-state index in [-0.39, 0.29) is 0 Å². The number of aromatic nitrogens is 4. The zero-order valence-electron chi connectivity index (χ0n) is 9.11. The average Bonchev–Trinajstić information content (AvgIpc) is 2.83. The van der Waals surface area contributed by atoms with E-state index >= 15 is 0 Å². The van der Waals surface area contributed by atoms with Crippen molar-refractivity contribution in [3.8, 4) is 0 Å². The third-order valence-electron chi connectivity index (χ3n) is 2.50. The van der Waals surface area contributed by atoms with Gasteiger partial charge in [-0.05, 0) is 6.92 Å². The summed E-state index contributed by atoms with van der Waals surface area (Å²) >= 11 is 6.08. The fourth-order valence-electron chi connectivity index (χ4n) is 1.66. The quantitative estimate of drug-likeness (QED) is 0.852. The number of aryl methyl sites for hydroxylation is 2. The van der Waals surface area contributed by atoms with Crippen molar-refractivity contribution in [3.63, 3.8) is 0 Å². The van der Waals surface area contributed by atoms with Crippen LogP contribution in [-0.4, -0.2) is 24.9 Å². The smallest absolute Gasteiger partial charge is 0.135 e. The van der Waals surface area contributed by atoms with Crippen LogP contribution in [-0.2, 0) is 13.5 Å². The predicted molar refractivity (Wildman–Crippen MR) is 60.2 cm³/mol. The first-order valence-electron chi connectivity index (χ1n) is 4.95. The summed E-state index contributed by atoms with van der Waals surface area (Å²) in [5.74, 6) is 0.541. The van der Waals surface area contributed by atoms with Gasteiger partial charge < -0.3 is 10.1 Å². The highest BCUT2D eigenvalue weighted by atomic mass is 35.5. The molecule has 0 aliphatic carbocycles. The van der Waals surface area contributed by atoms with E-state index < -0.39 is 6.10 Å². The van der Waals surface area contributed by atoms with Crippen LogP contribution in [0.2, 0.25) is 5.15 Å². The molecule has 0 aromatic carbocycles.